The van der Waals surface area contributed by atoms with Crippen LogP contribution in [0.25, 0.3) is 0 Å². The number of thioether (sulfide) groups is 1. The number of nitrogens with two attached hydrogens (primary N) is 1. The molecule has 1 aliphatic heterocycles. The Bertz CT molecular complexity index is 654. The van der Waals surface area contributed by atoms with Gasteiger partial charge in [0.25, 0.3) is 11.8 Å². The number of rotatable bonds is 8. The summed E-state index contributed by atoms with van der Waals surface area (Å²) in [6.07, 6.45) is 2.68. The average Bonchev–Trinajstić information content (AvgIpc) is 2.84. The number of nitrogens with one attached hydrogen (secondary N) is 1. The molecule has 2 rings (SSSR count). The highest BCUT2D eigenvalue weighted by molar-refractivity contribution is 7.98. The molecule has 24 heavy (non-hydrogen) atoms. The number of hydrogen-bond donors (Lipinski definition) is 2. The lowest BCUT2D eigenvalue weighted by Gasteiger charge is -2.17. The van der Waals surface area contributed by atoms with Gasteiger partial charge in [0.05, 0.1) is 12.8 Å². The van der Waals surface area contributed by atoms with Crippen LogP contribution in [0.3, 0.4) is 0 Å². The Kier molecular flexibility index (Phi) is 6.27. The number of methoxy groups -OCH3 is 1. The fraction of sp³-hybridized carbons (Fsp3) is 0.400. The molecule has 1 saturated heterocycles. The Hall–Kier alpha value is -2.00. The van der Waals surface area contributed by atoms with Crippen LogP contribution in [0.2, 0.25) is 0 Å². The van der Waals surface area contributed by atoms with E-state index in [4.69, 9.17) is 27.4 Å². The van der Waals surface area contributed by atoms with Crippen molar-refractivity contribution >= 4 is 46.6 Å². The molecule has 130 valence electrons. The van der Waals surface area contributed by atoms with Crippen LogP contribution in [0.15, 0.2) is 18.2 Å². The first-order valence-corrected chi connectivity index (χ1v) is 9.00. The monoisotopic (exact) mass is 369 g/mol. The van der Waals surface area contributed by atoms with Crippen LogP contribution < -0.4 is 25.4 Å². The van der Waals surface area contributed by atoms with E-state index in [1.807, 2.05) is 6.26 Å². The fourth-order valence-electron chi connectivity index (χ4n) is 2.27. The summed E-state index contributed by atoms with van der Waals surface area (Å²) in [5.74, 6) is 0.894. The number of nitrogens with zero attached hydrogens (tertiary/aromatic N) is 1. The van der Waals surface area contributed by atoms with Gasteiger partial charge in [-0.05, 0) is 42.8 Å². The van der Waals surface area contributed by atoms with Gasteiger partial charge in [-0.3, -0.25) is 14.5 Å². The second-order valence-electron chi connectivity index (χ2n) is 5.05. The summed E-state index contributed by atoms with van der Waals surface area (Å²) < 4.78 is 10.5. The van der Waals surface area contributed by atoms with E-state index in [0.717, 1.165) is 5.75 Å². The van der Waals surface area contributed by atoms with Crippen molar-refractivity contribution in [3.63, 3.8) is 0 Å². The summed E-state index contributed by atoms with van der Waals surface area (Å²) in [4.78, 5) is 24.9. The van der Waals surface area contributed by atoms with Gasteiger partial charge in [0.15, 0.2) is 23.2 Å². The number of anilines is 1. The van der Waals surface area contributed by atoms with Crippen molar-refractivity contribution in [3.05, 3.63) is 18.2 Å². The van der Waals surface area contributed by atoms with E-state index in [1.54, 1.807) is 30.0 Å². The van der Waals surface area contributed by atoms with Gasteiger partial charge in [-0.2, -0.15) is 11.8 Å². The number of ether oxygens (including phenoxy) is 2. The molecule has 0 bridgehead atoms. The number of hydrogen-bond acceptors (Lipinski definition) is 6. The van der Waals surface area contributed by atoms with Crippen LogP contribution in [-0.4, -0.2) is 48.7 Å². The predicted octanol–water partition coefficient (Wildman–Crippen LogP) is 0.902. The van der Waals surface area contributed by atoms with Crippen LogP contribution in [0.5, 0.6) is 11.5 Å². The lowest BCUT2D eigenvalue weighted by molar-refractivity contribution is -0.120. The molecule has 0 aromatic heterocycles. The molecule has 1 fully saturated rings. The second-order valence-corrected chi connectivity index (χ2v) is 6.42. The first kappa shape index (κ1) is 18.3. The normalized spacial score (nSPS) is 16.9. The minimum absolute atomic E-state index is 0.111. The summed E-state index contributed by atoms with van der Waals surface area (Å²) >= 11 is 6.95. The third kappa shape index (κ3) is 4.09. The van der Waals surface area contributed by atoms with Crippen molar-refractivity contribution in [2.24, 2.45) is 5.73 Å². The van der Waals surface area contributed by atoms with Crippen molar-refractivity contribution in [1.82, 2.24) is 5.32 Å². The van der Waals surface area contributed by atoms with Crippen LogP contribution in [0.1, 0.15) is 6.42 Å². The summed E-state index contributed by atoms with van der Waals surface area (Å²) in [7, 11) is 1.48. The maximum absolute atomic E-state index is 12.6. The number of thiocarbonyl (C=S) groups is 1. The van der Waals surface area contributed by atoms with Gasteiger partial charge >= 0.3 is 0 Å². The Morgan fingerprint density at radius 3 is 2.83 bits per heavy atom. The van der Waals surface area contributed by atoms with Gasteiger partial charge in [-0.25, -0.2) is 0 Å². The van der Waals surface area contributed by atoms with E-state index >= 15 is 0 Å². The Morgan fingerprint density at radius 1 is 1.46 bits per heavy atom. The van der Waals surface area contributed by atoms with E-state index < -0.39 is 5.91 Å². The molecule has 0 aliphatic carbocycles. The summed E-state index contributed by atoms with van der Waals surface area (Å²) in [6.45, 7) is -0.285. The molecule has 1 aromatic rings. The van der Waals surface area contributed by atoms with E-state index in [9.17, 15) is 9.59 Å². The van der Waals surface area contributed by atoms with Gasteiger partial charge in [0.2, 0.25) is 0 Å². The standard InChI is InChI=1S/C15H19N3O4S2/c1-21-11-4-3-9(7-12(11)22-8-13(16)19)18-14(20)10(5-6-24-2)17-15(18)23/h3-4,7,10H,5-6,8H2,1-2H3,(H2,16,19)(H,17,23)/t10-/m1/s1. The largest absolute Gasteiger partial charge is 0.493 e. The minimum atomic E-state index is -0.603. The number of primary amides is 1. The Balaban J connectivity index is 2.24. The van der Waals surface area contributed by atoms with Crippen molar-refractivity contribution in [3.8, 4) is 11.5 Å². The van der Waals surface area contributed by atoms with Crippen molar-refractivity contribution in [2.45, 2.75) is 12.5 Å². The highest BCUT2D eigenvalue weighted by Gasteiger charge is 2.36. The van der Waals surface area contributed by atoms with E-state index in [1.165, 1.54) is 12.0 Å². The van der Waals surface area contributed by atoms with Crippen molar-refractivity contribution in [2.75, 3.05) is 30.6 Å². The van der Waals surface area contributed by atoms with Crippen LogP contribution >= 0.6 is 24.0 Å². The Labute approximate surface area is 149 Å². The smallest absolute Gasteiger partial charge is 0.255 e. The second kappa shape index (κ2) is 8.20. The lowest BCUT2D eigenvalue weighted by Crippen LogP contribution is -2.31. The molecular formula is C15H19N3O4S2. The predicted molar refractivity (Wildman–Crippen MR) is 97.7 cm³/mol. The number of carbonyl (C=O) groups is 2. The molecule has 9 heteroatoms. The van der Waals surface area contributed by atoms with Gasteiger partial charge < -0.3 is 20.5 Å². The maximum Gasteiger partial charge on any atom is 0.255 e. The maximum atomic E-state index is 12.6. The molecule has 0 radical (unpaired) electrons. The molecule has 2 amide bonds. The van der Waals surface area contributed by atoms with Gasteiger partial charge in [0, 0.05) is 6.07 Å². The number of amides is 2. The van der Waals surface area contributed by atoms with E-state index in [2.05, 4.69) is 5.32 Å². The highest BCUT2D eigenvalue weighted by Crippen LogP contribution is 2.33. The molecule has 0 spiro atoms. The minimum Gasteiger partial charge on any atom is -0.493 e. The molecule has 0 unspecified atom stereocenters. The first-order valence-electron chi connectivity index (χ1n) is 7.20. The topological polar surface area (TPSA) is 93.9 Å². The number of carbonyl (C=O) groups excluding carboxylic acids is 2. The van der Waals surface area contributed by atoms with Gasteiger partial charge in [-0.15, -0.1) is 0 Å². The van der Waals surface area contributed by atoms with Crippen molar-refractivity contribution in [1.29, 1.82) is 0 Å². The zero-order valence-corrected chi connectivity index (χ0v) is 15.0. The Morgan fingerprint density at radius 2 is 2.21 bits per heavy atom. The fourth-order valence-corrected chi connectivity index (χ4v) is 3.08. The lowest BCUT2D eigenvalue weighted by atomic mass is 10.2. The molecule has 1 heterocycles. The molecule has 0 saturated carbocycles. The molecule has 3 N–H and O–H groups in total. The molecule has 7 nitrogen and oxygen atoms in total. The summed E-state index contributed by atoms with van der Waals surface area (Å²) in [5, 5.41) is 3.38. The first-order chi connectivity index (χ1) is 11.5. The zero-order chi connectivity index (χ0) is 17.7. The third-order valence-electron chi connectivity index (χ3n) is 3.41. The van der Waals surface area contributed by atoms with E-state index in [0.29, 0.717) is 28.7 Å². The van der Waals surface area contributed by atoms with Crippen LogP contribution in [0.4, 0.5) is 5.69 Å². The molecule has 1 aromatic carbocycles. The van der Waals surface area contributed by atoms with Crippen LogP contribution in [0, 0.1) is 0 Å². The third-order valence-corrected chi connectivity index (χ3v) is 4.35. The quantitative estimate of drug-likeness (QED) is 0.658. The van der Waals surface area contributed by atoms with Gasteiger partial charge in [-0.1, -0.05) is 0 Å². The number of benzene rings is 1. The average molecular weight is 369 g/mol. The van der Waals surface area contributed by atoms with E-state index in [-0.39, 0.29) is 18.6 Å². The van der Waals surface area contributed by atoms with Gasteiger partial charge in [0.1, 0.15) is 6.04 Å². The van der Waals surface area contributed by atoms with Crippen molar-refractivity contribution < 1.29 is 19.1 Å². The molecule has 1 atom stereocenters. The summed E-state index contributed by atoms with van der Waals surface area (Å²) in [6, 6.07) is 4.63. The molecule has 1 aliphatic rings. The highest BCUT2D eigenvalue weighted by atomic mass is 32.2. The summed E-state index contributed by atoms with van der Waals surface area (Å²) in [5.41, 5.74) is 5.64. The SMILES string of the molecule is COc1ccc(N2C(=O)[C@@H](CCSC)NC2=S)cc1OCC(N)=O. The van der Waals surface area contributed by atoms with Crippen LogP contribution in [-0.2, 0) is 9.59 Å². The zero-order valence-electron chi connectivity index (χ0n) is 13.4. The molecular weight excluding hydrogens is 350 g/mol.